The number of nitrogens with zero attached hydrogens (tertiary/aromatic N) is 2. The first-order chi connectivity index (χ1) is 10.7. The molecule has 134 valence electrons. The van der Waals surface area contributed by atoms with Crippen LogP contribution >= 0.6 is 36.2 Å². The summed E-state index contributed by atoms with van der Waals surface area (Å²) in [6, 6.07) is 12.8. The van der Waals surface area contributed by atoms with Gasteiger partial charge >= 0.3 is 0 Å². The van der Waals surface area contributed by atoms with Crippen molar-refractivity contribution in [2.45, 2.75) is 26.4 Å². The molecule has 0 unspecified atom stereocenters. The van der Waals surface area contributed by atoms with Crippen LogP contribution in [-0.2, 0) is 19.5 Å². The van der Waals surface area contributed by atoms with Gasteiger partial charge in [0.1, 0.15) is 0 Å². The number of anilines is 1. The summed E-state index contributed by atoms with van der Waals surface area (Å²) < 4.78 is 0. The van der Waals surface area contributed by atoms with Crippen LogP contribution in [0.25, 0.3) is 0 Å². The molecule has 0 saturated carbocycles. The van der Waals surface area contributed by atoms with Gasteiger partial charge < -0.3 is 5.73 Å². The van der Waals surface area contributed by atoms with Crippen LogP contribution in [0.1, 0.15) is 22.2 Å². The second-order valence-electron chi connectivity index (χ2n) is 6.02. The monoisotopic (exact) mass is 387 g/mol. The first-order valence-corrected chi connectivity index (χ1v) is 8.91. The maximum Gasteiger partial charge on any atom is 0.0329 e. The van der Waals surface area contributed by atoms with Gasteiger partial charge in [-0.2, -0.15) is 0 Å². The fraction of sp³-hybridized carbons (Fsp3) is 0.444. The van der Waals surface area contributed by atoms with Crippen LogP contribution in [0.4, 0.5) is 5.69 Å². The molecule has 6 heteroatoms. The van der Waals surface area contributed by atoms with Crippen molar-refractivity contribution in [3.8, 4) is 0 Å². The molecule has 1 aromatic carbocycles. The average molecular weight is 388 g/mol. The predicted molar refractivity (Wildman–Crippen MR) is 110 cm³/mol. The molecule has 0 aliphatic carbocycles. The largest absolute Gasteiger partial charge is 0.399 e. The molecule has 2 N–H and O–H groups in total. The van der Waals surface area contributed by atoms with Crippen LogP contribution in [0, 0.1) is 0 Å². The molecule has 2 aromatic rings. The normalized spacial score (nSPS) is 15.5. The summed E-state index contributed by atoms with van der Waals surface area (Å²) in [6.45, 7) is 8.93. The van der Waals surface area contributed by atoms with E-state index < -0.39 is 0 Å². The van der Waals surface area contributed by atoms with E-state index in [1.54, 1.807) is 0 Å². The molecular formula is C18H27Cl2N3S. The van der Waals surface area contributed by atoms with E-state index in [0.29, 0.717) is 0 Å². The van der Waals surface area contributed by atoms with Gasteiger partial charge in [0.25, 0.3) is 0 Å². The van der Waals surface area contributed by atoms with Crippen LogP contribution in [0.3, 0.4) is 0 Å². The van der Waals surface area contributed by atoms with E-state index in [1.165, 1.54) is 15.3 Å². The second kappa shape index (κ2) is 10.3. The lowest BCUT2D eigenvalue weighted by atomic mass is 10.2. The van der Waals surface area contributed by atoms with Crippen LogP contribution in [-0.4, -0.2) is 36.0 Å². The number of rotatable bonds is 5. The first kappa shape index (κ1) is 21.3. The summed E-state index contributed by atoms with van der Waals surface area (Å²) in [5, 5.41) is 0. The van der Waals surface area contributed by atoms with Gasteiger partial charge in [-0.25, -0.2) is 0 Å². The minimum atomic E-state index is 0. The van der Waals surface area contributed by atoms with Crippen molar-refractivity contribution >= 4 is 41.8 Å². The predicted octanol–water partition coefficient (Wildman–Crippen LogP) is 4.05. The van der Waals surface area contributed by atoms with Gasteiger partial charge in [0, 0.05) is 54.7 Å². The molecule has 1 aromatic heterocycles. The summed E-state index contributed by atoms with van der Waals surface area (Å²) in [7, 11) is 0. The van der Waals surface area contributed by atoms with Crippen LogP contribution in [0.2, 0.25) is 0 Å². The second-order valence-corrected chi connectivity index (χ2v) is 7.27. The van der Waals surface area contributed by atoms with Gasteiger partial charge in [0.15, 0.2) is 0 Å². The first-order valence-electron chi connectivity index (χ1n) is 8.09. The molecular weight excluding hydrogens is 361 g/mol. The molecule has 3 nitrogen and oxygen atoms in total. The van der Waals surface area contributed by atoms with Gasteiger partial charge in [-0.15, -0.1) is 36.2 Å². The lowest BCUT2D eigenvalue weighted by Gasteiger charge is -2.34. The lowest BCUT2D eigenvalue weighted by molar-refractivity contribution is 0.123. The van der Waals surface area contributed by atoms with E-state index in [4.69, 9.17) is 5.73 Å². The Morgan fingerprint density at radius 1 is 0.917 bits per heavy atom. The topological polar surface area (TPSA) is 32.5 Å². The molecule has 1 aliphatic heterocycles. The number of hydrogen-bond donors (Lipinski definition) is 1. The zero-order valence-electron chi connectivity index (χ0n) is 14.1. The zero-order valence-corrected chi connectivity index (χ0v) is 16.6. The Morgan fingerprint density at radius 3 is 2.12 bits per heavy atom. The number of aryl methyl sites for hydroxylation is 1. The average Bonchev–Trinajstić information content (AvgIpc) is 2.97. The molecule has 0 spiro atoms. The zero-order chi connectivity index (χ0) is 15.4. The van der Waals surface area contributed by atoms with Gasteiger partial charge in [-0.1, -0.05) is 19.1 Å². The minimum absolute atomic E-state index is 0. The third-order valence-corrected chi connectivity index (χ3v) is 5.48. The number of hydrogen-bond acceptors (Lipinski definition) is 4. The van der Waals surface area contributed by atoms with E-state index in [2.05, 4.69) is 41.0 Å². The Labute approximate surface area is 161 Å². The van der Waals surface area contributed by atoms with Crippen molar-refractivity contribution in [1.29, 1.82) is 0 Å². The van der Waals surface area contributed by atoms with Gasteiger partial charge in [-0.05, 0) is 36.2 Å². The van der Waals surface area contributed by atoms with E-state index in [1.807, 2.05) is 23.5 Å². The number of nitrogens with two attached hydrogens (primary N) is 1. The van der Waals surface area contributed by atoms with Crippen molar-refractivity contribution in [3.05, 3.63) is 51.7 Å². The highest BCUT2D eigenvalue weighted by molar-refractivity contribution is 7.11. The molecule has 0 atom stereocenters. The maximum absolute atomic E-state index is 5.86. The molecule has 1 fully saturated rings. The highest BCUT2D eigenvalue weighted by Gasteiger charge is 2.17. The number of piperazine rings is 1. The highest BCUT2D eigenvalue weighted by Crippen LogP contribution is 2.20. The molecule has 0 bridgehead atoms. The summed E-state index contributed by atoms with van der Waals surface area (Å²) >= 11 is 1.96. The van der Waals surface area contributed by atoms with Crippen molar-refractivity contribution < 1.29 is 0 Å². The van der Waals surface area contributed by atoms with E-state index in [9.17, 15) is 0 Å². The van der Waals surface area contributed by atoms with Crippen molar-refractivity contribution in [2.24, 2.45) is 0 Å². The summed E-state index contributed by atoms with van der Waals surface area (Å²) in [5.74, 6) is 0. The SMILES string of the molecule is CCc1ccc(CN2CCN(Cc3cccc(N)c3)CC2)s1.Cl.Cl. The fourth-order valence-corrected chi connectivity index (χ4v) is 3.97. The number of halogens is 2. The number of thiophene rings is 1. The van der Waals surface area contributed by atoms with E-state index in [-0.39, 0.29) is 24.8 Å². The Bertz CT molecular complexity index is 610. The van der Waals surface area contributed by atoms with Crippen molar-refractivity contribution in [2.75, 3.05) is 31.9 Å². The van der Waals surface area contributed by atoms with Gasteiger partial charge in [-0.3, -0.25) is 9.80 Å². The van der Waals surface area contributed by atoms with Crippen molar-refractivity contribution in [3.63, 3.8) is 0 Å². The fourth-order valence-electron chi connectivity index (χ4n) is 2.97. The molecule has 0 amide bonds. The molecule has 2 heterocycles. The quantitative estimate of drug-likeness (QED) is 0.785. The van der Waals surface area contributed by atoms with Crippen LogP contribution < -0.4 is 5.73 Å². The molecule has 0 radical (unpaired) electrons. The standard InChI is InChI=1S/C18H25N3S.2ClH/c1-2-17-6-7-18(22-17)14-21-10-8-20(9-11-21)13-15-4-3-5-16(19)12-15;;/h3-7,12H,2,8-11,13-14,19H2,1H3;2*1H. The minimum Gasteiger partial charge on any atom is -0.399 e. The molecule has 24 heavy (non-hydrogen) atoms. The van der Waals surface area contributed by atoms with Gasteiger partial charge in [0.2, 0.25) is 0 Å². The Kier molecular flexibility index (Phi) is 9.09. The van der Waals surface area contributed by atoms with Crippen LogP contribution in [0.5, 0.6) is 0 Å². The molecule has 1 aliphatic rings. The number of benzene rings is 1. The summed E-state index contributed by atoms with van der Waals surface area (Å²) in [5.41, 5.74) is 8.04. The summed E-state index contributed by atoms with van der Waals surface area (Å²) in [6.07, 6.45) is 1.15. The smallest absolute Gasteiger partial charge is 0.0329 e. The lowest BCUT2D eigenvalue weighted by Crippen LogP contribution is -2.45. The van der Waals surface area contributed by atoms with Crippen LogP contribution in [0.15, 0.2) is 36.4 Å². The molecule has 1 saturated heterocycles. The van der Waals surface area contributed by atoms with E-state index in [0.717, 1.165) is 51.4 Å². The van der Waals surface area contributed by atoms with E-state index >= 15 is 0 Å². The molecule has 3 rings (SSSR count). The Morgan fingerprint density at radius 2 is 1.54 bits per heavy atom. The van der Waals surface area contributed by atoms with Gasteiger partial charge in [0.05, 0.1) is 0 Å². The Hall–Kier alpha value is -0.780. The third kappa shape index (κ3) is 5.94. The maximum atomic E-state index is 5.86. The summed E-state index contributed by atoms with van der Waals surface area (Å²) in [4.78, 5) is 8.09. The number of nitrogen functional groups attached to an aromatic ring is 1. The Balaban J connectivity index is 0.00000144. The van der Waals surface area contributed by atoms with Crippen molar-refractivity contribution in [1.82, 2.24) is 9.80 Å². The third-order valence-electron chi connectivity index (χ3n) is 4.27. The highest BCUT2D eigenvalue weighted by atomic mass is 35.5.